The van der Waals surface area contributed by atoms with Gasteiger partial charge in [-0.15, -0.1) is 0 Å². The van der Waals surface area contributed by atoms with E-state index >= 15 is 0 Å². The molecule has 1 unspecified atom stereocenters. The summed E-state index contributed by atoms with van der Waals surface area (Å²) in [6.07, 6.45) is 2.02. The van der Waals surface area contributed by atoms with Gasteiger partial charge in [0, 0.05) is 25.2 Å². The molecule has 24 heavy (non-hydrogen) atoms. The average molecular weight is 328 g/mol. The van der Waals surface area contributed by atoms with Gasteiger partial charge in [-0.25, -0.2) is 0 Å². The fraction of sp³-hybridized carbons (Fsp3) is 0.412. The number of hydrogen-bond donors (Lipinski definition) is 1. The van der Waals surface area contributed by atoms with E-state index in [9.17, 15) is 0 Å². The summed E-state index contributed by atoms with van der Waals surface area (Å²) in [4.78, 5) is 6.82. The van der Waals surface area contributed by atoms with E-state index in [0.29, 0.717) is 18.3 Å². The van der Waals surface area contributed by atoms with Crippen molar-refractivity contribution in [2.45, 2.75) is 6.04 Å². The van der Waals surface area contributed by atoms with Gasteiger partial charge in [-0.2, -0.15) is 4.98 Å². The molecule has 1 aromatic heterocycles. The number of fused-ring (bicyclic) bond motifs is 1. The third-order valence-electron chi connectivity index (χ3n) is 4.46. The van der Waals surface area contributed by atoms with E-state index in [-0.39, 0.29) is 6.04 Å². The number of likely N-dealkylation sites (N-methyl/N-ethyl adjacent to an activating group) is 1. The van der Waals surface area contributed by atoms with Crippen molar-refractivity contribution in [1.82, 2.24) is 20.4 Å². The standard InChI is InChI=1S/C17H20N4O3/c1-21-6-5-18-9-14(21)16-19-17(24-20-16)12-7-11-8-13(22-2)3-4-15(11)23-10-12/h3-4,7-8,14,18H,5-6,9-10H2,1-2H3. The van der Waals surface area contributed by atoms with Crippen LogP contribution in [0.1, 0.15) is 23.3 Å². The summed E-state index contributed by atoms with van der Waals surface area (Å²) in [6, 6.07) is 5.86. The van der Waals surface area contributed by atoms with E-state index in [1.165, 1.54) is 0 Å². The highest BCUT2D eigenvalue weighted by Crippen LogP contribution is 2.33. The van der Waals surface area contributed by atoms with Crippen LogP contribution in [0, 0.1) is 0 Å². The highest BCUT2D eigenvalue weighted by atomic mass is 16.5. The zero-order valence-electron chi connectivity index (χ0n) is 13.8. The molecule has 0 amide bonds. The van der Waals surface area contributed by atoms with Crippen molar-refractivity contribution in [2.24, 2.45) is 0 Å². The van der Waals surface area contributed by atoms with Crippen LogP contribution >= 0.6 is 0 Å². The Morgan fingerprint density at radius 1 is 1.38 bits per heavy atom. The summed E-state index contributed by atoms with van der Waals surface area (Å²) >= 11 is 0. The van der Waals surface area contributed by atoms with Crippen molar-refractivity contribution in [3.8, 4) is 11.5 Å². The number of methoxy groups -OCH3 is 1. The van der Waals surface area contributed by atoms with Gasteiger partial charge in [-0.05, 0) is 31.3 Å². The first kappa shape index (κ1) is 15.2. The van der Waals surface area contributed by atoms with Crippen LogP contribution < -0.4 is 14.8 Å². The topological polar surface area (TPSA) is 72.7 Å². The fourth-order valence-electron chi connectivity index (χ4n) is 3.00. The lowest BCUT2D eigenvalue weighted by molar-refractivity contribution is 0.190. The molecule has 0 bridgehead atoms. The van der Waals surface area contributed by atoms with E-state index in [1.807, 2.05) is 24.3 Å². The lowest BCUT2D eigenvalue weighted by Gasteiger charge is -2.30. The van der Waals surface area contributed by atoms with Crippen molar-refractivity contribution in [3.05, 3.63) is 35.5 Å². The summed E-state index contributed by atoms with van der Waals surface area (Å²) in [7, 11) is 3.72. The van der Waals surface area contributed by atoms with Crippen LogP contribution in [-0.2, 0) is 0 Å². The van der Waals surface area contributed by atoms with Crippen molar-refractivity contribution in [3.63, 3.8) is 0 Å². The predicted molar refractivity (Wildman–Crippen MR) is 88.9 cm³/mol. The van der Waals surface area contributed by atoms with Gasteiger partial charge < -0.3 is 19.3 Å². The molecule has 7 nitrogen and oxygen atoms in total. The highest BCUT2D eigenvalue weighted by Gasteiger charge is 2.26. The minimum Gasteiger partial charge on any atom is -0.497 e. The van der Waals surface area contributed by atoms with Crippen molar-refractivity contribution in [2.75, 3.05) is 40.4 Å². The molecule has 3 heterocycles. The Morgan fingerprint density at radius 2 is 2.29 bits per heavy atom. The molecule has 1 atom stereocenters. The molecule has 1 N–H and O–H groups in total. The molecule has 2 aliphatic rings. The minimum atomic E-state index is 0.133. The van der Waals surface area contributed by atoms with Crippen LogP contribution in [0.5, 0.6) is 11.5 Å². The fourth-order valence-corrected chi connectivity index (χ4v) is 3.00. The van der Waals surface area contributed by atoms with Gasteiger partial charge in [0.15, 0.2) is 5.82 Å². The van der Waals surface area contributed by atoms with Crippen molar-refractivity contribution < 1.29 is 14.0 Å². The molecule has 0 saturated carbocycles. The van der Waals surface area contributed by atoms with Crippen LogP contribution in [0.2, 0.25) is 0 Å². The van der Waals surface area contributed by atoms with Gasteiger partial charge in [0.2, 0.25) is 0 Å². The van der Waals surface area contributed by atoms with Crippen LogP contribution in [0.15, 0.2) is 22.7 Å². The smallest absolute Gasteiger partial charge is 0.257 e. The summed E-state index contributed by atoms with van der Waals surface area (Å²) in [5.41, 5.74) is 1.83. The second-order valence-electron chi connectivity index (χ2n) is 6.02. The number of benzene rings is 1. The molecule has 1 fully saturated rings. The Labute approximate surface area is 140 Å². The van der Waals surface area contributed by atoms with Crippen LogP contribution in [-0.4, -0.2) is 55.4 Å². The van der Waals surface area contributed by atoms with Gasteiger partial charge in [0.25, 0.3) is 5.89 Å². The SMILES string of the molecule is COc1ccc2c(c1)C=C(c1nc(C3CNCCN3C)no1)CO2. The molecule has 4 rings (SSSR count). The molecule has 7 heteroatoms. The second-order valence-corrected chi connectivity index (χ2v) is 6.02. The number of rotatable bonds is 3. The summed E-state index contributed by atoms with van der Waals surface area (Å²) in [5.74, 6) is 2.83. The lowest BCUT2D eigenvalue weighted by atomic mass is 10.1. The van der Waals surface area contributed by atoms with Crippen molar-refractivity contribution >= 4 is 11.6 Å². The number of piperazine rings is 1. The molecule has 0 radical (unpaired) electrons. The number of ether oxygens (including phenoxy) is 2. The second kappa shape index (κ2) is 6.26. The number of nitrogens with zero attached hydrogens (tertiary/aromatic N) is 3. The van der Waals surface area contributed by atoms with E-state index in [2.05, 4.69) is 27.4 Å². The summed E-state index contributed by atoms with van der Waals surface area (Å²) in [6.45, 7) is 3.19. The quantitative estimate of drug-likeness (QED) is 0.917. The van der Waals surface area contributed by atoms with Gasteiger partial charge in [0.05, 0.1) is 18.7 Å². The Hall–Kier alpha value is -2.38. The van der Waals surface area contributed by atoms with Gasteiger partial charge in [-0.1, -0.05) is 5.16 Å². The maximum atomic E-state index is 5.79. The molecule has 1 saturated heterocycles. The van der Waals surface area contributed by atoms with Crippen LogP contribution in [0.3, 0.4) is 0 Å². The molecule has 2 aromatic rings. The normalized spacial score (nSPS) is 20.9. The highest BCUT2D eigenvalue weighted by molar-refractivity contribution is 5.83. The third-order valence-corrected chi connectivity index (χ3v) is 4.46. The Bertz CT molecular complexity index is 771. The number of aromatic nitrogens is 2. The van der Waals surface area contributed by atoms with E-state index < -0.39 is 0 Å². The lowest BCUT2D eigenvalue weighted by Crippen LogP contribution is -2.44. The third kappa shape index (κ3) is 2.76. The Morgan fingerprint density at radius 3 is 3.12 bits per heavy atom. The maximum Gasteiger partial charge on any atom is 0.257 e. The zero-order valence-corrected chi connectivity index (χ0v) is 13.8. The molecule has 126 valence electrons. The molecule has 0 spiro atoms. The van der Waals surface area contributed by atoms with Gasteiger partial charge in [0.1, 0.15) is 18.1 Å². The minimum absolute atomic E-state index is 0.133. The molecule has 1 aromatic carbocycles. The summed E-state index contributed by atoms with van der Waals surface area (Å²) < 4.78 is 16.5. The first-order valence-corrected chi connectivity index (χ1v) is 8.01. The largest absolute Gasteiger partial charge is 0.497 e. The monoisotopic (exact) mass is 328 g/mol. The van der Waals surface area contributed by atoms with Crippen molar-refractivity contribution in [1.29, 1.82) is 0 Å². The Kier molecular flexibility index (Phi) is 3.95. The number of hydrogen-bond acceptors (Lipinski definition) is 7. The van der Waals surface area contributed by atoms with Gasteiger partial charge in [-0.3, -0.25) is 4.90 Å². The predicted octanol–water partition coefficient (Wildman–Crippen LogP) is 1.59. The van der Waals surface area contributed by atoms with E-state index in [1.54, 1.807) is 7.11 Å². The van der Waals surface area contributed by atoms with E-state index in [4.69, 9.17) is 14.0 Å². The molecular formula is C17H20N4O3. The molecule has 0 aliphatic carbocycles. The van der Waals surface area contributed by atoms with Crippen LogP contribution in [0.25, 0.3) is 11.6 Å². The average Bonchev–Trinajstić information content (AvgIpc) is 3.11. The maximum absolute atomic E-state index is 5.79. The first-order valence-electron chi connectivity index (χ1n) is 8.01. The summed E-state index contributed by atoms with van der Waals surface area (Å²) in [5, 5.41) is 7.53. The molecule has 2 aliphatic heterocycles. The Balaban J connectivity index is 1.61. The molecular weight excluding hydrogens is 308 g/mol. The number of nitrogens with one attached hydrogen (secondary N) is 1. The van der Waals surface area contributed by atoms with E-state index in [0.717, 1.165) is 42.3 Å². The first-order chi connectivity index (χ1) is 11.7. The van der Waals surface area contributed by atoms with Crippen LogP contribution in [0.4, 0.5) is 0 Å². The van der Waals surface area contributed by atoms with Gasteiger partial charge >= 0.3 is 0 Å². The zero-order chi connectivity index (χ0) is 16.5.